The van der Waals surface area contributed by atoms with Crippen molar-refractivity contribution < 1.29 is 4.42 Å². The summed E-state index contributed by atoms with van der Waals surface area (Å²) < 4.78 is 8.44. The van der Waals surface area contributed by atoms with E-state index in [4.69, 9.17) is 9.40 Å². The summed E-state index contributed by atoms with van der Waals surface area (Å²) in [5.41, 5.74) is 11.9. The van der Waals surface area contributed by atoms with Crippen molar-refractivity contribution in [3.63, 3.8) is 0 Å². The van der Waals surface area contributed by atoms with Crippen molar-refractivity contribution in [2.45, 2.75) is 13.8 Å². The van der Waals surface area contributed by atoms with Gasteiger partial charge in [-0.2, -0.15) is 0 Å². The minimum atomic E-state index is 0.626. The molecule has 43 heavy (non-hydrogen) atoms. The van der Waals surface area contributed by atoms with E-state index in [1.165, 1.54) is 38.6 Å². The predicted molar refractivity (Wildman–Crippen MR) is 178 cm³/mol. The minimum absolute atomic E-state index is 0.626. The molecule has 0 saturated carbocycles. The van der Waals surface area contributed by atoms with Gasteiger partial charge in [0.2, 0.25) is 5.89 Å². The summed E-state index contributed by atoms with van der Waals surface area (Å²) in [6.07, 6.45) is 0. The number of aromatic nitrogens is 2. The lowest BCUT2D eigenvalue weighted by molar-refractivity contribution is 0.620. The normalized spacial score (nSPS) is 11.5. The van der Waals surface area contributed by atoms with E-state index in [1.54, 1.807) is 0 Å². The Labute approximate surface area is 250 Å². The van der Waals surface area contributed by atoms with Gasteiger partial charge in [-0.05, 0) is 97.8 Å². The molecule has 0 saturated heterocycles. The van der Waals surface area contributed by atoms with Crippen LogP contribution in [0.5, 0.6) is 0 Å². The van der Waals surface area contributed by atoms with Gasteiger partial charge >= 0.3 is 0 Å². The Balaban J connectivity index is 1.26. The van der Waals surface area contributed by atoms with Crippen LogP contribution in [0.1, 0.15) is 11.1 Å². The van der Waals surface area contributed by atoms with E-state index in [-0.39, 0.29) is 0 Å². The van der Waals surface area contributed by atoms with Crippen molar-refractivity contribution in [2.75, 3.05) is 4.90 Å². The molecular weight excluding hydrogens is 526 g/mol. The van der Waals surface area contributed by atoms with Gasteiger partial charge in [0, 0.05) is 39.1 Å². The molecule has 0 radical (unpaired) electrons. The second-order valence-electron chi connectivity index (χ2n) is 11.0. The van der Waals surface area contributed by atoms with Gasteiger partial charge in [0.1, 0.15) is 5.52 Å². The highest BCUT2D eigenvalue weighted by Crippen LogP contribution is 2.40. The first kappa shape index (κ1) is 25.1. The van der Waals surface area contributed by atoms with Crippen LogP contribution in [0.2, 0.25) is 0 Å². The van der Waals surface area contributed by atoms with Gasteiger partial charge in [0.25, 0.3) is 0 Å². The molecule has 8 rings (SSSR count). The summed E-state index contributed by atoms with van der Waals surface area (Å²) in [6.45, 7) is 4.41. The van der Waals surface area contributed by atoms with Crippen molar-refractivity contribution in [3.8, 4) is 17.1 Å². The van der Waals surface area contributed by atoms with Crippen LogP contribution in [-0.2, 0) is 0 Å². The molecule has 2 aromatic heterocycles. The lowest BCUT2D eigenvalue weighted by Gasteiger charge is -2.28. The fourth-order valence-corrected chi connectivity index (χ4v) is 6.20. The van der Waals surface area contributed by atoms with Gasteiger partial charge in [0.15, 0.2) is 5.58 Å². The zero-order chi connectivity index (χ0) is 28.9. The summed E-state index contributed by atoms with van der Waals surface area (Å²) in [4.78, 5) is 7.02. The Bertz CT molecular complexity index is 2170. The number of benzene rings is 6. The fraction of sp³-hybridized carbons (Fsp3) is 0.0513. The molecule has 0 aliphatic carbocycles. The maximum Gasteiger partial charge on any atom is 0.227 e. The van der Waals surface area contributed by atoms with E-state index < -0.39 is 0 Å². The Morgan fingerprint density at radius 3 is 1.88 bits per heavy atom. The zero-order valence-corrected chi connectivity index (χ0v) is 24.0. The molecule has 0 N–H and O–H groups in total. The van der Waals surface area contributed by atoms with Gasteiger partial charge in [-0.15, -0.1) is 0 Å². The Hall–Kier alpha value is -5.61. The number of anilines is 3. The maximum atomic E-state index is 6.04. The molecule has 4 heteroatoms. The Kier molecular flexibility index (Phi) is 5.86. The number of oxazole rings is 1. The first-order valence-corrected chi connectivity index (χ1v) is 14.6. The highest BCUT2D eigenvalue weighted by atomic mass is 16.3. The van der Waals surface area contributed by atoms with Crippen molar-refractivity contribution in [1.82, 2.24) is 9.55 Å². The third-order valence-corrected chi connectivity index (χ3v) is 8.26. The van der Waals surface area contributed by atoms with Crippen LogP contribution >= 0.6 is 0 Å². The molecule has 0 aliphatic rings. The van der Waals surface area contributed by atoms with Crippen molar-refractivity contribution in [3.05, 3.63) is 151 Å². The minimum Gasteiger partial charge on any atom is -0.436 e. The van der Waals surface area contributed by atoms with Crippen LogP contribution in [0, 0.1) is 13.8 Å². The van der Waals surface area contributed by atoms with Crippen LogP contribution in [0.3, 0.4) is 0 Å². The summed E-state index contributed by atoms with van der Waals surface area (Å²) in [5.74, 6) is 0.626. The molecular formula is C39H29N3O. The van der Waals surface area contributed by atoms with E-state index in [9.17, 15) is 0 Å². The third-order valence-electron chi connectivity index (χ3n) is 8.26. The lowest BCUT2D eigenvalue weighted by atomic mass is 10.0. The molecule has 2 heterocycles. The van der Waals surface area contributed by atoms with Crippen LogP contribution in [0.25, 0.3) is 50.0 Å². The quantitative estimate of drug-likeness (QED) is 0.212. The van der Waals surface area contributed by atoms with E-state index in [0.717, 1.165) is 33.7 Å². The smallest absolute Gasteiger partial charge is 0.227 e. The molecule has 0 fully saturated rings. The van der Waals surface area contributed by atoms with E-state index >= 15 is 0 Å². The van der Waals surface area contributed by atoms with Crippen LogP contribution in [0.4, 0.5) is 17.1 Å². The average molecular weight is 556 g/mol. The van der Waals surface area contributed by atoms with Gasteiger partial charge in [-0.1, -0.05) is 66.7 Å². The predicted octanol–water partition coefficient (Wildman–Crippen LogP) is 10.7. The zero-order valence-electron chi connectivity index (χ0n) is 24.0. The van der Waals surface area contributed by atoms with Crippen LogP contribution < -0.4 is 4.90 Å². The Morgan fingerprint density at radius 2 is 1.19 bits per heavy atom. The molecule has 6 aromatic carbocycles. The van der Waals surface area contributed by atoms with Crippen molar-refractivity contribution in [2.24, 2.45) is 0 Å². The van der Waals surface area contributed by atoms with Gasteiger partial charge in [-0.3, -0.25) is 0 Å². The average Bonchev–Trinajstić information content (AvgIpc) is 3.63. The van der Waals surface area contributed by atoms with Crippen molar-refractivity contribution in [1.29, 1.82) is 0 Å². The van der Waals surface area contributed by atoms with Gasteiger partial charge in [-0.25, -0.2) is 4.98 Å². The molecule has 8 aromatic rings. The van der Waals surface area contributed by atoms with Crippen LogP contribution in [0.15, 0.2) is 144 Å². The van der Waals surface area contributed by atoms with Gasteiger partial charge in [0.05, 0.1) is 11.0 Å². The second-order valence-corrected chi connectivity index (χ2v) is 11.0. The number of fused-ring (bicyclic) bond motifs is 4. The topological polar surface area (TPSA) is 34.2 Å². The molecule has 0 aliphatic heterocycles. The SMILES string of the molecule is Cc1cc(-n2c3ccccc3c3ccccc32)c(C)cc1N(c1ccccc1)c1ccc(-c2nc3ccccc3o2)cc1. The molecule has 0 spiro atoms. The van der Waals surface area contributed by atoms with E-state index in [2.05, 4.69) is 139 Å². The molecule has 4 nitrogen and oxygen atoms in total. The van der Waals surface area contributed by atoms with E-state index in [0.29, 0.717) is 5.89 Å². The summed E-state index contributed by atoms with van der Waals surface area (Å²) in [5, 5.41) is 2.54. The number of hydrogen-bond acceptors (Lipinski definition) is 3. The first-order valence-electron chi connectivity index (χ1n) is 14.6. The summed E-state index contributed by atoms with van der Waals surface area (Å²) >= 11 is 0. The highest BCUT2D eigenvalue weighted by Gasteiger charge is 2.19. The third kappa shape index (κ3) is 4.19. The number of aryl methyl sites for hydroxylation is 2. The Morgan fingerprint density at radius 1 is 0.581 bits per heavy atom. The lowest BCUT2D eigenvalue weighted by Crippen LogP contribution is -2.12. The van der Waals surface area contributed by atoms with E-state index in [1.807, 2.05) is 24.3 Å². The molecule has 0 unspecified atom stereocenters. The van der Waals surface area contributed by atoms with Crippen LogP contribution in [-0.4, -0.2) is 9.55 Å². The number of hydrogen-bond donors (Lipinski definition) is 0. The number of rotatable bonds is 5. The molecule has 0 bridgehead atoms. The monoisotopic (exact) mass is 555 g/mol. The standard InChI is InChI=1S/C39H29N3O/c1-26-25-37(42-34-17-9-6-14-31(34)32-15-7-10-18-35(32)42)27(2)24-36(26)41(29-12-4-3-5-13-29)30-22-20-28(21-23-30)39-40-33-16-8-11-19-38(33)43-39/h3-25H,1-2H3. The highest BCUT2D eigenvalue weighted by molar-refractivity contribution is 6.09. The van der Waals surface area contributed by atoms with Gasteiger partial charge < -0.3 is 13.9 Å². The first-order chi connectivity index (χ1) is 21.2. The largest absolute Gasteiger partial charge is 0.436 e. The summed E-state index contributed by atoms with van der Waals surface area (Å²) in [6, 6.07) is 48.9. The molecule has 0 atom stereocenters. The summed E-state index contributed by atoms with van der Waals surface area (Å²) in [7, 11) is 0. The molecule has 0 amide bonds. The second kappa shape index (κ2) is 10.0. The molecule has 206 valence electrons. The maximum absolute atomic E-state index is 6.04. The van der Waals surface area contributed by atoms with Crippen molar-refractivity contribution >= 4 is 50.0 Å². The number of nitrogens with zero attached hydrogens (tertiary/aromatic N) is 3. The fourth-order valence-electron chi connectivity index (χ4n) is 6.20. The number of para-hydroxylation sites is 5.